The van der Waals surface area contributed by atoms with Gasteiger partial charge in [0.1, 0.15) is 6.04 Å². The van der Waals surface area contributed by atoms with E-state index in [4.69, 9.17) is 4.74 Å². The van der Waals surface area contributed by atoms with Gasteiger partial charge in [-0.3, -0.25) is 0 Å². The van der Waals surface area contributed by atoms with Gasteiger partial charge in [-0.1, -0.05) is 67.9 Å². The number of unbranched alkanes of at least 4 members (excludes halogenated alkanes) is 1. The highest BCUT2D eigenvalue weighted by Gasteiger charge is 2.21. The van der Waals surface area contributed by atoms with Crippen LogP contribution in [0, 0.1) is 0 Å². The topological polar surface area (TPSA) is 75.6 Å². The Kier molecular flexibility index (Phi) is 7.01. The number of rotatable bonds is 8. The zero-order valence-electron chi connectivity index (χ0n) is 14.3. The van der Waals surface area contributed by atoms with Crippen molar-refractivity contribution >= 4 is 12.1 Å². The molecule has 1 amide bonds. The zero-order valence-corrected chi connectivity index (χ0v) is 14.3. The third kappa shape index (κ3) is 5.95. The average Bonchev–Trinajstić information content (AvgIpc) is 2.62. The monoisotopic (exact) mass is 341 g/mol. The highest BCUT2D eigenvalue weighted by atomic mass is 16.5. The Morgan fingerprint density at radius 1 is 1.04 bits per heavy atom. The molecule has 5 heteroatoms. The van der Waals surface area contributed by atoms with E-state index in [1.165, 1.54) is 0 Å². The largest absolute Gasteiger partial charge is 0.480 e. The van der Waals surface area contributed by atoms with Gasteiger partial charge in [0.15, 0.2) is 0 Å². The van der Waals surface area contributed by atoms with Crippen molar-refractivity contribution in [3.05, 3.63) is 60.2 Å². The first kappa shape index (κ1) is 18.5. The smallest absolute Gasteiger partial charge is 0.407 e. The average molecular weight is 341 g/mol. The predicted molar refractivity (Wildman–Crippen MR) is 96.4 cm³/mol. The Labute approximate surface area is 147 Å². The van der Waals surface area contributed by atoms with E-state index >= 15 is 0 Å². The lowest BCUT2D eigenvalue weighted by Gasteiger charge is -2.15. The maximum Gasteiger partial charge on any atom is 0.407 e. The lowest BCUT2D eigenvalue weighted by atomic mass is 10.0. The summed E-state index contributed by atoms with van der Waals surface area (Å²) in [5.41, 5.74) is 2.99. The number of carbonyl (C=O) groups is 2. The van der Waals surface area contributed by atoms with Gasteiger partial charge in [-0.25, -0.2) is 9.59 Å². The molecule has 0 heterocycles. The summed E-state index contributed by atoms with van der Waals surface area (Å²) in [5.74, 6) is -1.08. The fourth-order valence-corrected chi connectivity index (χ4v) is 2.39. The third-order valence-corrected chi connectivity index (χ3v) is 3.82. The molecule has 5 nitrogen and oxygen atoms in total. The van der Waals surface area contributed by atoms with Gasteiger partial charge in [-0.05, 0) is 23.1 Å². The van der Waals surface area contributed by atoms with Crippen molar-refractivity contribution in [2.24, 2.45) is 0 Å². The highest BCUT2D eigenvalue weighted by Crippen LogP contribution is 2.19. The standard InChI is InChI=1S/C20H23NO4/c1-2-3-13-25-20(24)21-18(19(22)23)14-15-9-11-17(12-10-15)16-7-5-4-6-8-16/h4-12,18H,2-3,13-14H2,1H3,(H,21,24)(H,22,23). The van der Waals surface area contributed by atoms with E-state index in [0.717, 1.165) is 29.5 Å². The number of aliphatic carboxylic acids is 1. The molecule has 0 aliphatic rings. The van der Waals surface area contributed by atoms with Gasteiger partial charge in [0.25, 0.3) is 0 Å². The Morgan fingerprint density at radius 3 is 2.28 bits per heavy atom. The van der Waals surface area contributed by atoms with E-state index < -0.39 is 18.1 Å². The number of hydrogen-bond donors (Lipinski definition) is 2. The van der Waals surface area contributed by atoms with Gasteiger partial charge in [0, 0.05) is 6.42 Å². The minimum absolute atomic E-state index is 0.202. The van der Waals surface area contributed by atoms with E-state index in [2.05, 4.69) is 5.32 Å². The molecule has 2 aromatic rings. The number of amides is 1. The lowest BCUT2D eigenvalue weighted by molar-refractivity contribution is -0.139. The molecule has 0 spiro atoms. The van der Waals surface area contributed by atoms with Crippen molar-refractivity contribution in [2.75, 3.05) is 6.61 Å². The van der Waals surface area contributed by atoms with Crippen LogP contribution in [0.4, 0.5) is 4.79 Å². The maximum absolute atomic E-state index is 11.7. The summed E-state index contributed by atoms with van der Waals surface area (Å²) in [6.45, 7) is 2.28. The second-order valence-electron chi connectivity index (χ2n) is 5.79. The molecule has 2 rings (SSSR count). The minimum atomic E-state index is -1.08. The van der Waals surface area contributed by atoms with E-state index in [9.17, 15) is 14.7 Å². The Balaban J connectivity index is 1.97. The van der Waals surface area contributed by atoms with Crippen LogP contribution in [-0.2, 0) is 16.0 Å². The van der Waals surface area contributed by atoms with Crippen molar-refractivity contribution in [1.82, 2.24) is 5.32 Å². The van der Waals surface area contributed by atoms with Gasteiger partial charge in [-0.2, -0.15) is 0 Å². The van der Waals surface area contributed by atoms with Crippen LogP contribution in [0.1, 0.15) is 25.3 Å². The number of ether oxygens (including phenoxy) is 1. The molecule has 0 aromatic heterocycles. The maximum atomic E-state index is 11.7. The highest BCUT2D eigenvalue weighted by molar-refractivity contribution is 5.80. The Morgan fingerprint density at radius 2 is 1.68 bits per heavy atom. The summed E-state index contributed by atoms with van der Waals surface area (Å²) in [6.07, 6.45) is 1.17. The molecule has 25 heavy (non-hydrogen) atoms. The Bertz CT molecular complexity index is 683. The molecule has 0 saturated heterocycles. The first-order valence-corrected chi connectivity index (χ1v) is 8.40. The molecule has 1 unspecified atom stereocenters. The molecule has 0 radical (unpaired) electrons. The van der Waals surface area contributed by atoms with Crippen LogP contribution >= 0.6 is 0 Å². The van der Waals surface area contributed by atoms with Crippen LogP contribution < -0.4 is 5.32 Å². The molecule has 0 aliphatic carbocycles. The first-order valence-electron chi connectivity index (χ1n) is 8.40. The summed E-state index contributed by atoms with van der Waals surface area (Å²) in [7, 11) is 0. The van der Waals surface area contributed by atoms with Crippen molar-refractivity contribution in [3.63, 3.8) is 0 Å². The minimum Gasteiger partial charge on any atom is -0.480 e. The van der Waals surface area contributed by atoms with Crippen LogP contribution in [0.25, 0.3) is 11.1 Å². The number of alkyl carbamates (subject to hydrolysis) is 1. The fourth-order valence-electron chi connectivity index (χ4n) is 2.39. The lowest BCUT2D eigenvalue weighted by Crippen LogP contribution is -2.42. The van der Waals surface area contributed by atoms with Crippen molar-refractivity contribution in [2.45, 2.75) is 32.2 Å². The Hall–Kier alpha value is -2.82. The SMILES string of the molecule is CCCCOC(=O)NC(Cc1ccc(-c2ccccc2)cc1)C(=O)O. The van der Waals surface area contributed by atoms with Crippen LogP contribution in [0.3, 0.4) is 0 Å². The zero-order chi connectivity index (χ0) is 18.1. The molecule has 0 saturated carbocycles. The molecule has 2 aromatic carbocycles. The van der Waals surface area contributed by atoms with Gasteiger partial charge in [-0.15, -0.1) is 0 Å². The summed E-state index contributed by atoms with van der Waals surface area (Å²) in [5, 5.41) is 11.7. The molecule has 0 bridgehead atoms. The van der Waals surface area contributed by atoms with Crippen molar-refractivity contribution in [1.29, 1.82) is 0 Å². The quantitative estimate of drug-likeness (QED) is 0.715. The number of carbonyl (C=O) groups excluding carboxylic acids is 1. The number of carboxylic acids is 1. The van der Waals surface area contributed by atoms with Crippen LogP contribution in [0.5, 0.6) is 0 Å². The molecule has 1 atom stereocenters. The van der Waals surface area contributed by atoms with E-state index in [1.807, 2.05) is 61.5 Å². The summed E-state index contributed by atoms with van der Waals surface area (Å²) >= 11 is 0. The second kappa shape index (κ2) is 9.47. The van der Waals surface area contributed by atoms with Gasteiger partial charge in [0.2, 0.25) is 0 Å². The van der Waals surface area contributed by atoms with Crippen LogP contribution in [0.2, 0.25) is 0 Å². The molecule has 0 aliphatic heterocycles. The van der Waals surface area contributed by atoms with Crippen LogP contribution in [0.15, 0.2) is 54.6 Å². The van der Waals surface area contributed by atoms with Gasteiger partial charge in [0.05, 0.1) is 6.61 Å². The van der Waals surface area contributed by atoms with Gasteiger partial charge < -0.3 is 15.2 Å². The second-order valence-corrected chi connectivity index (χ2v) is 5.79. The molecule has 132 valence electrons. The molecular weight excluding hydrogens is 318 g/mol. The van der Waals surface area contributed by atoms with E-state index in [-0.39, 0.29) is 6.42 Å². The summed E-state index contributed by atoms with van der Waals surface area (Å²) < 4.78 is 4.96. The number of hydrogen-bond acceptors (Lipinski definition) is 3. The predicted octanol–water partition coefficient (Wildman–Crippen LogP) is 3.88. The third-order valence-electron chi connectivity index (χ3n) is 3.82. The summed E-state index contributed by atoms with van der Waals surface area (Å²) in [4.78, 5) is 23.1. The molecular formula is C20H23NO4. The molecule has 2 N–H and O–H groups in total. The van der Waals surface area contributed by atoms with E-state index in [0.29, 0.717) is 6.61 Å². The number of carboxylic acid groups (broad SMARTS) is 1. The van der Waals surface area contributed by atoms with E-state index in [1.54, 1.807) is 0 Å². The van der Waals surface area contributed by atoms with Crippen molar-refractivity contribution < 1.29 is 19.4 Å². The summed E-state index contributed by atoms with van der Waals surface area (Å²) in [6, 6.07) is 16.6. The van der Waals surface area contributed by atoms with Gasteiger partial charge >= 0.3 is 12.1 Å². The first-order chi connectivity index (χ1) is 12.1. The number of nitrogens with one attached hydrogen (secondary N) is 1. The number of benzene rings is 2. The fraction of sp³-hybridized carbons (Fsp3) is 0.300. The van der Waals surface area contributed by atoms with Crippen LogP contribution in [-0.4, -0.2) is 29.8 Å². The normalized spacial score (nSPS) is 11.6. The molecule has 0 fully saturated rings. The van der Waals surface area contributed by atoms with Crippen molar-refractivity contribution in [3.8, 4) is 11.1 Å².